The second kappa shape index (κ2) is 4.72. The molecule has 20 heavy (non-hydrogen) atoms. The van der Waals surface area contributed by atoms with Gasteiger partial charge >= 0.3 is 0 Å². The van der Waals surface area contributed by atoms with Crippen LogP contribution in [0.1, 0.15) is 29.8 Å². The van der Waals surface area contributed by atoms with Crippen LogP contribution in [-0.2, 0) is 4.84 Å². The van der Waals surface area contributed by atoms with E-state index in [2.05, 4.69) is 15.3 Å². The molecule has 0 spiro atoms. The van der Waals surface area contributed by atoms with E-state index in [1.165, 1.54) is 6.07 Å². The monoisotopic (exact) mass is 274 g/mol. The predicted octanol–water partition coefficient (Wildman–Crippen LogP) is 2.15. The van der Waals surface area contributed by atoms with E-state index in [4.69, 9.17) is 9.36 Å². The Morgan fingerprint density at radius 1 is 1.40 bits per heavy atom. The molecule has 0 saturated heterocycles. The summed E-state index contributed by atoms with van der Waals surface area (Å²) in [5.74, 6) is 0.822. The van der Waals surface area contributed by atoms with Gasteiger partial charge in [-0.25, -0.2) is 0 Å². The minimum Gasteiger partial charge on any atom is -0.382 e. The summed E-state index contributed by atoms with van der Waals surface area (Å²) in [4.78, 5) is 19.9. The number of hydrogen-bond acceptors (Lipinski definition) is 7. The van der Waals surface area contributed by atoms with Crippen LogP contribution in [0.4, 0.5) is 5.69 Å². The van der Waals surface area contributed by atoms with Gasteiger partial charge in [-0.2, -0.15) is 4.98 Å². The van der Waals surface area contributed by atoms with Gasteiger partial charge in [0.2, 0.25) is 6.10 Å². The fourth-order valence-corrected chi connectivity index (χ4v) is 1.99. The predicted molar refractivity (Wildman–Crippen MR) is 67.1 cm³/mol. The second-order valence-corrected chi connectivity index (χ2v) is 4.29. The van der Waals surface area contributed by atoms with Crippen LogP contribution in [0.2, 0.25) is 0 Å². The minimum absolute atomic E-state index is 0.00258. The fraction of sp³-hybridized carbons (Fsp3) is 0.250. The summed E-state index contributed by atoms with van der Waals surface area (Å²) >= 11 is 0. The molecule has 2 aromatic rings. The van der Waals surface area contributed by atoms with Gasteiger partial charge in [0, 0.05) is 12.5 Å². The van der Waals surface area contributed by atoms with Crippen molar-refractivity contribution in [1.29, 1.82) is 0 Å². The van der Waals surface area contributed by atoms with Crippen molar-refractivity contribution in [3.8, 4) is 0 Å². The molecule has 8 heteroatoms. The number of benzene rings is 1. The number of para-hydroxylation sites is 1. The lowest BCUT2D eigenvalue weighted by Gasteiger charge is -2.01. The maximum atomic E-state index is 11.0. The lowest BCUT2D eigenvalue weighted by molar-refractivity contribution is -0.385. The zero-order valence-corrected chi connectivity index (χ0v) is 10.5. The summed E-state index contributed by atoms with van der Waals surface area (Å²) in [5, 5.41) is 18.6. The number of oxime groups is 1. The zero-order valence-electron chi connectivity index (χ0n) is 10.5. The van der Waals surface area contributed by atoms with Gasteiger partial charge in [0.1, 0.15) is 0 Å². The quantitative estimate of drug-likeness (QED) is 0.627. The molecule has 1 atom stereocenters. The van der Waals surface area contributed by atoms with Crippen molar-refractivity contribution in [3.05, 3.63) is 51.7 Å². The van der Waals surface area contributed by atoms with Crippen LogP contribution in [0.3, 0.4) is 0 Å². The normalized spacial score (nSPS) is 17.6. The lowest BCUT2D eigenvalue weighted by atomic mass is 10.0. The third-order valence-corrected chi connectivity index (χ3v) is 2.90. The van der Waals surface area contributed by atoms with Crippen LogP contribution in [0, 0.1) is 17.0 Å². The maximum absolute atomic E-state index is 11.0. The van der Waals surface area contributed by atoms with Crippen molar-refractivity contribution < 1.29 is 14.3 Å². The smallest absolute Gasteiger partial charge is 0.278 e. The molecule has 1 aromatic heterocycles. The van der Waals surface area contributed by atoms with Crippen molar-refractivity contribution in [2.75, 3.05) is 0 Å². The topological polar surface area (TPSA) is 104 Å². The van der Waals surface area contributed by atoms with E-state index in [0.29, 0.717) is 29.4 Å². The van der Waals surface area contributed by atoms with Crippen molar-refractivity contribution in [2.24, 2.45) is 5.16 Å². The SMILES string of the molecule is Cc1noc([C@@H]2CC(c3ccccc3[N+](=O)[O-])=NO2)n1. The molecule has 1 aliphatic rings. The number of rotatable bonds is 3. The van der Waals surface area contributed by atoms with E-state index in [-0.39, 0.29) is 5.69 Å². The molecular weight excluding hydrogens is 264 g/mol. The first-order chi connectivity index (χ1) is 9.65. The summed E-state index contributed by atoms with van der Waals surface area (Å²) < 4.78 is 5.02. The first-order valence-corrected chi connectivity index (χ1v) is 5.92. The van der Waals surface area contributed by atoms with Crippen molar-refractivity contribution in [1.82, 2.24) is 10.1 Å². The van der Waals surface area contributed by atoms with Gasteiger partial charge < -0.3 is 9.36 Å². The molecule has 1 aliphatic heterocycles. The molecule has 3 rings (SSSR count). The third-order valence-electron chi connectivity index (χ3n) is 2.90. The molecule has 8 nitrogen and oxygen atoms in total. The molecule has 0 saturated carbocycles. The molecule has 0 amide bonds. The van der Waals surface area contributed by atoms with Crippen LogP contribution < -0.4 is 0 Å². The number of hydrogen-bond donors (Lipinski definition) is 0. The molecule has 0 fully saturated rings. The summed E-state index contributed by atoms with van der Waals surface area (Å²) in [5.41, 5.74) is 0.937. The Bertz CT molecular complexity index is 694. The average molecular weight is 274 g/mol. The molecular formula is C12H10N4O4. The Labute approximate surface area is 113 Å². The van der Waals surface area contributed by atoms with Crippen LogP contribution in [-0.4, -0.2) is 20.8 Å². The molecule has 1 aromatic carbocycles. The van der Waals surface area contributed by atoms with E-state index in [0.717, 1.165) is 0 Å². The summed E-state index contributed by atoms with van der Waals surface area (Å²) in [6.07, 6.45) is -0.141. The summed E-state index contributed by atoms with van der Waals surface area (Å²) in [6, 6.07) is 6.40. The average Bonchev–Trinajstić information content (AvgIpc) is 3.07. The van der Waals surface area contributed by atoms with E-state index in [1.54, 1.807) is 25.1 Å². The van der Waals surface area contributed by atoms with Crippen molar-refractivity contribution >= 4 is 11.4 Å². The standard InChI is InChI=1S/C12H10N4O4/c1-7-13-12(20-14-7)11-6-9(15-19-11)8-4-2-3-5-10(8)16(17)18/h2-5,11H,6H2,1H3/t11-/m0/s1. The third kappa shape index (κ3) is 2.11. The minimum atomic E-state index is -0.494. The molecule has 0 N–H and O–H groups in total. The van der Waals surface area contributed by atoms with E-state index in [9.17, 15) is 10.1 Å². The first-order valence-electron chi connectivity index (χ1n) is 5.92. The summed E-state index contributed by atoms with van der Waals surface area (Å²) in [6.45, 7) is 1.70. The number of nitro benzene ring substituents is 1. The Morgan fingerprint density at radius 3 is 2.90 bits per heavy atom. The van der Waals surface area contributed by atoms with Crippen LogP contribution in [0.25, 0.3) is 0 Å². The number of aromatic nitrogens is 2. The maximum Gasteiger partial charge on any atom is 0.278 e. The van der Waals surface area contributed by atoms with Gasteiger partial charge in [0.15, 0.2) is 5.82 Å². The second-order valence-electron chi connectivity index (χ2n) is 4.29. The number of nitro groups is 1. The molecule has 0 radical (unpaired) electrons. The van der Waals surface area contributed by atoms with Crippen molar-refractivity contribution in [3.63, 3.8) is 0 Å². The van der Waals surface area contributed by atoms with Crippen LogP contribution in [0.5, 0.6) is 0 Å². The highest BCUT2D eigenvalue weighted by Crippen LogP contribution is 2.31. The zero-order chi connectivity index (χ0) is 14.1. The van der Waals surface area contributed by atoms with Gasteiger partial charge in [-0.15, -0.1) is 0 Å². The Kier molecular flexibility index (Phi) is 2.90. The first kappa shape index (κ1) is 12.3. The van der Waals surface area contributed by atoms with Gasteiger partial charge in [-0.3, -0.25) is 10.1 Å². The van der Waals surface area contributed by atoms with Crippen LogP contribution in [0.15, 0.2) is 33.9 Å². The largest absolute Gasteiger partial charge is 0.382 e. The van der Waals surface area contributed by atoms with Gasteiger partial charge in [0.25, 0.3) is 11.6 Å². The Hall–Kier alpha value is -2.77. The molecule has 0 aliphatic carbocycles. The number of nitrogens with zero attached hydrogens (tertiary/aromatic N) is 4. The van der Waals surface area contributed by atoms with Crippen molar-refractivity contribution in [2.45, 2.75) is 19.4 Å². The lowest BCUT2D eigenvalue weighted by Crippen LogP contribution is -2.05. The van der Waals surface area contributed by atoms with Gasteiger partial charge in [0.05, 0.1) is 16.2 Å². The van der Waals surface area contributed by atoms with Crippen LogP contribution >= 0.6 is 0 Å². The molecule has 0 bridgehead atoms. The summed E-state index contributed by atoms with van der Waals surface area (Å²) in [7, 11) is 0. The number of aryl methyl sites for hydroxylation is 1. The highest BCUT2D eigenvalue weighted by atomic mass is 16.7. The van der Waals surface area contributed by atoms with E-state index >= 15 is 0 Å². The van der Waals surface area contributed by atoms with E-state index in [1.807, 2.05) is 0 Å². The van der Waals surface area contributed by atoms with Gasteiger partial charge in [-0.1, -0.05) is 22.4 Å². The van der Waals surface area contributed by atoms with Gasteiger partial charge in [-0.05, 0) is 13.0 Å². The molecule has 102 valence electrons. The Balaban J connectivity index is 1.86. The molecule has 2 heterocycles. The highest BCUT2D eigenvalue weighted by Gasteiger charge is 2.31. The molecule has 0 unspecified atom stereocenters. The van der Waals surface area contributed by atoms with E-state index < -0.39 is 11.0 Å². The Morgan fingerprint density at radius 2 is 2.20 bits per heavy atom. The highest BCUT2D eigenvalue weighted by molar-refractivity contribution is 6.04. The fourth-order valence-electron chi connectivity index (χ4n) is 1.99.